The number of benzene rings is 2. The highest BCUT2D eigenvalue weighted by Gasteiger charge is 2.26. The number of anilines is 1. The zero-order valence-corrected chi connectivity index (χ0v) is 16.4. The standard InChI is InChI=1S/C22H29N3O2/c1-17(19-7-5-4-6-8-19)23-22(26)18(2)24-13-15-25(16-14-24)20-9-11-21(27-3)12-10-20/h4-12,17-18H,13-16H2,1-3H3,(H,23,26)/t17-,18+/m1/s1. The van der Waals surface area contributed by atoms with Crippen LogP contribution in [0.25, 0.3) is 0 Å². The zero-order chi connectivity index (χ0) is 19.2. The van der Waals surface area contributed by atoms with Crippen molar-refractivity contribution in [1.29, 1.82) is 0 Å². The summed E-state index contributed by atoms with van der Waals surface area (Å²) in [7, 11) is 1.68. The second-order valence-corrected chi connectivity index (χ2v) is 7.04. The largest absolute Gasteiger partial charge is 0.497 e. The van der Waals surface area contributed by atoms with Gasteiger partial charge in [0.2, 0.25) is 5.91 Å². The Balaban J connectivity index is 1.51. The predicted octanol–water partition coefficient (Wildman–Crippen LogP) is 3.08. The molecule has 0 saturated carbocycles. The third-order valence-corrected chi connectivity index (χ3v) is 5.34. The number of methoxy groups -OCH3 is 1. The number of rotatable bonds is 6. The van der Waals surface area contributed by atoms with Gasteiger partial charge in [0.15, 0.2) is 0 Å². The Labute approximate surface area is 161 Å². The molecule has 0 spiro atoms. The minimum atomic E-state index is -0.130. The lowest BCUT2D eigenvalue weighted by Crippen LogP contribution is -2.54. The number of hydrogen-bond donors (Lipinski definition) is 1. The second-order valence-electron chi connectivity index (χ2n) is 7.04. The quantitative estimate of drug-likeness (QED) is 0.852. The van der Waals surface area contributed by atoms with Gasteiger partial charge in [0.1, 0.15) is 5.75 Å². The van der Waals surface area contributed by atoms with E-state index in [4.69, 9.17) is 4.74 Å². The number of nitrogens with one attached hydrogen (secondary N) is 1. The Kier molecular flexibility index (Phi) is 6.35. The van der Waals surface area contributed by atoms with E-state index in [-0.39, 0.29) is 18.0 Å². The third-order valence-electron chi connectivity index (χ3n) is 5.34. The van der Waals surface area contributed by atoms with Crippen molar-refractivity contribution in [1.82, 2.24) is 10.2 Å². The van der Waals surface area contributed by atoms with E-state index in [1.807, 2.05) is 56.3 Å². The Morgan fingerprint density at radius 1 is 0.963 bits per heavy atom. The first-order chi connectivity index (χ1) is 13.1. The lowest BCUT2D eigenvalue weighted by Gasteiger charge is -2.38. The summed E-state index contributed by atoms with van der Waals surface area (Å²) in [4.78, 5) is 17.3. The van der Waals surface area contributed by atoms with E-state index >= 15 is 0 Å². The molecule has 1 fully saturated rings. The van der Waals surface area contributed by atoms with E-state index in [1.54, 1.807) is 7.11 Å². The highest BCUT2D eigenvalue weighted by Crippen LogP contribution is 2.21. The van der Waals surface area contributed by atoms with Gasteiger partial charge in [0.25, 0.3) is 0 Å². The molecule has 27 heavy (non-hydrogen) atoms. The number of carbonyl (C=O) groups excluding carboxylic acids is 1. The SMILES string of the molecule is COc1ccc(N2CCN([C@@H](C)C(=O)N[C@H](C)c3ccccc3)CC2)cc1. The molecule has 0 bridgehead atoms. The molecule has 5 nitrogen and oxygen atoms in total. The minimum absolute atomic E-state index is 0.0155. The summed E-state index contributed by atoms with van der Waals surface area (Å²) in [5.74, 6) is 0.958. The van der Waals surface area contributed by atoms with E-state index in [9.17, 15) is 4.79 Å². The van der Waals surface area contributed by atoms with Crippen LogP contribution in [0.2, 0.25) is 0 Å². The highest BCUT2D eigenvalue weighted by molar-refractivity contribution is 5.81. The van der Waals surface area contributed by atoms with Crippen LogP contribution in [0.15, 0.2) is 54.6 Å². The van der Waals surface area contributed by atoms with Crippen molar-refractivity contribution in [2.45, 2.75) is 25.9 Å². The summed E-state index contributed by atoms with van der Waals surface area (Å²) >= 11 is 0. The first kappa shape index (κ1) is 19.2. The normalized spacial score (nSPS) is 17.2. The van der Waals surface area contributed by atoms with Gasteiger partial charge in [0, 0.05) is 31.9 Å². The smallest absolute Gasteiger partial charge is 0.237 e. The van der Waals surface area contributed by atoms with E-state index in [1.165, 1.54) is 5.69 Å². The summed E-state index contributed by atoms with van der Waals surface area (Å²) in [5, 5.41) is 3.14. The van der Waals surface area contributed by atoms with Crippen molar-refractivity contribution in [3.05, 3.63) is 60.2 Å². The van der Waals surface area contributed by atoms with Crippen LogP contribution in [0.1, 0.15) is 25.5 Å². The van der Waals surface area contributed by atoms with Crippen LogP contribution >= 0.6 is 0 Å². The summed E-state index contributed by atoms with van der Waals surface area (Å²) in [6.07, 6.45) is 0. The summed E-state index contributed by atoms with van der Waals surface area (Å²) in [6.45, 7) is 7.61. The average molecular weight is 367 g/mol. The maximum absolute atomic E-state index is 12.7. The van der Waals surface area contributed by atoms with Crippen LogP contribution in [0.5, 0.6) is 5.75 Å². The minimum Gasteiger partial charge on any atom is -0.497 e. The van der Waals surface area contributed by atoms with Gasteiger partial charge in [-0.05, 0) is 43.7 Å². The summed E-state index contributed by atoms with van der Waals surface area (Å²) in [6, 6.07) is 18.1. The molecule has 1 aliphatic rings. The molecular formula is C22H29N3O2. The zero-order valence-electron chi connectivity index (χ0n) is 16.4. The molecule has 0 aliphatic carbocycles. The van der Waals surface area contributed by atoms with Gasteiger partial charge in [0.05, 0.1) is 19.2 Å². The van der Waals surface area contributed by atoms with Crippen molar-refractivity contribution in [3.63, 3.8) is 0 Å². The van der Waals surface area contributed by atoms with Crippen molar-refractivity contribution in [2.75, 3.05) is 38.2 Å². The summed E-state index contributed by atoms with van der Waals surface area (Å²) in [5.41, 5.74) is 2.33. The highest BCUT2D eigenvalue weighted by atomic mass is 16.5. The molecular weight excluding hydrogens is 338 g/mol. The van der Waals surface area contributed by atoms with E-state index in [0.717, 1.165) is 37.5 Å². The molecule has 1 saturated heterocycles. The fraction of sp³-hybridized carbons (Fsp3) is 0.409. The van der Waals surface area contributed by atoms with Gasteiger partial charge in [-0.2, -0.15) is 0 Å². The lowest BCUT2D eigenvalue weighted by atomic mass is 10.1. The lowest BCUT2D eigenvalue weighted by molar-refractivity contribution is -0.126. The maximum atomic E-state index is 12.7. The fourth-order valence-corrected chi connectivity index (χ4v) is 3.49. The molecule has 2 aromatic rings. The van der Waals surface area contributed by atoms with E-state index in [2.05, 4.69) is 27.2 Å². The van der Waals surface area contributed by atoms with Gasteiger partial charge in [-0.1, -0.05) is 30.3 Å². The average Bonchev–Trinajstić information content (AvgIpc) is 2.74. The molecule has 5 heteroatoms. The first-order valence-corrected chi connectivity index (χ1v) is 9.57. The monoisotopic (exact) mass is 367 g/mol. The first-order valence-electron chi connectivity index (χ1n) is 9.57. The van der Waals surface area contributed by atoms with Crippen molar-refractivity contribution < 1.29 is 9.53 Å². The molecule has 1 heterocycles. The molecule has 1 aliphatic heterocycles. The molecule has 1 N–H and O–H groups in total. The molecule has 0 radical (unpaired) electrons. The Bertz CT molecular complexity index is 725. The second kappa shape index (κ2) is 8.91. The van der Waals surface area contributed by atoms with Gasteiger partial charge < -0.3 is 15.0 Å². The van der Waals surface area contributed by atoms with Crippen LogP contribution in [0.3, 0.4) is 0 Å². The topological polar surface area (TPSA) is 44.8 Å². The van der Waals surface area contributed by atoms with Crippen LogP contribution in [-0.4, -0.2) is 50.1 Å². The fourth-order valence-electron chi connectivity index (χ4n) is 3.49. The number of carbonyl (C=O) groups is 1. The van der Waals surface area contributed by atoms with E-state index < -0.39 is 0 Å². The molecule has 144 valence electrons. The van der Waals surface area contributed by atoms with Crippen molar-refractivity contribution in [3.8, 4) is 5.75 Å². The van der Waals surface area contributed by atoms with Gasteiger partial charge in [-0.3, -0.25) is 9.69 Å². The van der Waals surface area contributed by atoms with Gasteiger partial charge >= 0.3 is 0 Å². The molecule has 0 aromatic heterocycles. The van der Waals surface area contributed by atoms with E-state index in [0.29, 0.717) is 0 Å². The molecule has 2 atom stereocenters. The third kappa shape index (κ3) is 4.80. The van der Waals surface area contributed by atoms with Crippen molar-refractivity contribution in [2.24, 2.45) is 0 Å². The molecule has 3 rings (SSSR count). The Morgan fingerprint density at radius 3 is 2.19 bits per heavy atom. The van der Waals surface area contributed by atoms with Crippen LogP contribution in [-0.2, 0) is 4.79 Å². The van der Waals surface area contributed by atoms with Gasteiger partial charge in [-0.15, -0.1) is 0 Å². The van der Waals surface area contributed by atoms with Crippen LogP contribution < -0.4 is 15.0 Å². The van der Waals surface area contributed by atoms with Crippen molar-refractivity contribution >= 4 is 11.6 Å². The Morgan fingerprint density at radius 2 is 1.59 bits per heavy atom. The Hall–Kier alpha value is -2.53. The molecule has 1 amide bonds. The molecule has 0 unspecified atom stereocenters. The molecule has 2 aromatic carbocycles. The number of ether oxygens (including phenoxy) is 1. The number of piperazine rings is 1. The van der Waals surface area contributed by atoms with Gasteiger partial charge in [-0.25, -0.2) is 0 Å². The maximum Gasteiger partial charge on any atom is 0.237 e. The number of hydrogen-bond acceptors (Lipinski definition) is 4. The summed E-state index contributed by atoms with van der Waals surface area (Å²) < 4.78 is 5.22. The predicted molar refractivity (Wildman–Crippen MR) is 109 cm³/mol. The number of nitrogens with zero attached hydrogens (tertiary/aromatic N) is 2. The van der Waals surface area contributed by atoms with Crippen LogP contribution in [0, 0.1) is 0 Å². The number of amides is 1. The van der Waals surface area contributed by atoms with Crippen LogP contribution in [0.4, 0.5) is 5.69 Å².